The third-order valence-corrected chi connectivity index (χ3v) is 4.31. The number of esters is 1. The van der Waals surface area contributed by atoms with Crippen molar-refractivity contribution >= 4 is 23.4 Å². The molecule has 2 rings (SSSR count). The van der Waals surface area contributed by atoms with E-state index in [9.17, 15) is 4.79 Å². The Balaban J connectivity index is 2.50. The molecule has 1 aliphatic rings. The van der Waals surface area contributed by atoms with Crippen molar-refractivity contribution in [3.63, 3.8) is 0 Å². The summed E-state index contributed by atoms with van der Waals surface area (Å²) in [6, 6.07) is 12.0. The van der Waals surface area contributed by atoms with Crippen LogP contribution in [0.4, 0.5) is 5.69 Å². The fourth-order valence-electron chi connectivity index (χ4n) is 2.17. The van der Waals surface area contributed by atoms with Crippen LogP contribution in [-0.2, 0) is 4.74 Å². The summed E-state index contributed by atoms with van der Waals surface area (Å²) in [5, 5.41) is 0. The molecule has 21 heavy (non-hydrogen) atoms. The third-order valence-electron chi connectivity index (χ3n) is 3.34. The zero-order chi connectivity index (χ0) is 15.2. The van der Waals surface area contributed by atoms with Gasteiger partial charge in [-0.1, -0.05) is 17.7 Å². The van der Waals surface area contributed by atoms with E-state index in [1.54, 1.807) is 0 Å². The number of hydrogen-bond acceptors (Lipinski definition) is 4. The molecule has 0 saturated carbocycles. The van der Waals surface area contributed by atoms with E-state index < -0.39 is 0 Å². The quantitative estimate of drug-likeness (QED) is 0.779. The summed E-state index contributed by atoms with van der Waals surface area (Å²) in [4.78, 5) is 14.1. The van der Waals surface area contributed by atoms with Gasteiger partial charge in [-0.3, -0.25) is 0 Å². The normalized spacial score (nSPS) is 13.8. The van der Waals surface area contributed by atoms with Crippen LogP contribution in [-0.4, -0.2) is 31.3 Å². The number of hydrogen-bond donors (Lipinski definition) is 0. The second kappa shape index (κ2) is 7.36. The minimum atomic E-state index is -0.312. The summed E-state index contributed by atoms with van der Waals surface area (Å²) in [5.41, 5.74) is 3.92. The van der Waals surface area contributed by atoms with E-state index in [-0.39, 0.29) is 5.97 Å². The first-order valence-electron chi connectivity index (χ1n) is 6.98. The summed E-state index contributed by atoms with van der Waals surface area (Å²) >= 11 is 1.95. The highest BCUT2D eigenvalue weighted by atomic mass is 32.2. The maximum atomic E-state index is 11.7. The van der Waals surface area contributed by atoms with Gasteiger partial charge in [-0.25, -0.2) is 4.79 Å². The van der Waals surface area contributed by atoms with Crippen LogP contribution in [0.25, 0.3) is 0 Å². The van der Waals surface area contributed by atoms with Gasteiger partial charge < -0.3 is 9.64 Å². The van der Waals surface area contributed by atoms with Crippen molar-refractivity contribution in [3.8, 4) is 0 Å². The molecule has 0 spiro atoms. The largest absolute Gasteiger partial charge is 0.465 e. The topological polar surface area (TPSA) is 29.5 Å². The van der Waals surface area contributed by atoms with Gasteiger partial charge in [0.15, 0.2) is 0 Å². The van der Waals surface area contributed by atoms with Crippen LogP contribution in [0.15, 0.2) is 36.4 Å². The Labute approximate surface area is 130 Å². The SMILES string of the molecule is COC(=O)c1ccc(C)cc(N2CCSC2)ccc(C)c1. The molecule has 0 radical (unpaired) electrons. The molecule has 0 unspecified atom stereocenters. The lowest BCUT2D eigenvalue weighted by Crippen LogP contribution is -2.17. The number of methoxy groups -OCH3 is 1. The molecule has 3 nitrogen and oxygen atoms in total. The Morgan fingerprint density at radius 2 is 1.86 bits per heavy atom. The van der Waals surface area contributed by atoms with Crippen molar-refractivity contribution in [1.29, 1.82) is 0 Å². The molecule has 1 fully saturated rings. The Kier molecular flexibility index (Phi) is 5.51. The molecule has 4 heteroatoms. The second-order valence-corrected chi connectivity index (χ2v) is 6.19. The minimum Gasteiger partial charge on any atom is -0.465 e. The number of carbonyl (C=O) groups is 1. The summed E-state index contributed by atoms with van der Waals surface area (Å²) in [6.07, 6.45) is 0. The Bertz CT molecular complexity index is 579. The highest BCUT2D eigenvalue weighted by molar-refractivity contribution is 7.99. The van der Waals surface area contributed by atoms with Gasteiger partial charge in [-0.2, -0.15) is 0 Å². The number of carbonyl (C=O) groups excluding carboxylic acids is 1. The van der Waals surface area contributed by atoms with Crippen LogP contribution >= 0.6 is 11.8 Å². The molecule has 1 aliphatic heterocycles. The first kappa shape index (κ1) is 15.7. The van der Waals surface area contributed by atoms with Gasteiger partial charge in [0.1, 0.15) is 0 Å². The molecular weight excluding hydrogens is 282 g/mol. The van der Waals surface area contributed by atoms with E-state index in [0.29, 0.717) is 5.56 Å². The Hall–Kier alpha value is -1.68. The Morgan fingerprint density at radius 1 is 1.14 bits per heavy atom. The molecule has 0 aromatic heterocycles. The van der Waals surface area contributed by atoms with Gasteiger partial charge in [-0.15, -0.1) is 11.8 Å². The third kappa shape index (κ3) is 4.39. The van der Waals surface area contributed by atoms with Crippen LogP contribution in [0.5, 0.6) is 0 Å². The average Bonchev–Trinajstić information content (AvgIpc) is 3.00. The van der Waals surface area contributed by atoms with E-state index in [2.05, 4.69) is 17.0 Å². The summed E-state index contributed by atoms with van der Waals surface area (Å²) in [7, 11) is 1.40. The summed E-state index contributed by atoms with van der Waals surface area (Å²) < 4.78 is 4.81. The maximum Gasteiger partial charge on any atom is 0.337 e. The first-order chi connectivity index (χ1) is 10.1. The number of nitrogens with zero attached hydrogens (tertiary/aromatic N) is 1. The number of anilines is 1. The molecule has 0 atom stereocenters. The molecule has 0 amide bonds. The van der Waals surface area contributed by atoms with E-state index in [4.69, 9.17) is 4.74 Å². The van der Waals surface area contributed by atoms with Gasteiger partial charge in [0.2, 0.25) is 0 Å². The maximum absolute atomic E-state index is 11.7. The number of thioether (sulfide) groups is 1. The highest BCUT2D eigenvalue weighted by Gasteiger charge is 2.11. The van der Waals surface area contributed by atoms with E-state index in [1.807, 2.05) is 49.9 Å². The van der Waals surface area contributed by atoms with Crippen LogP contribution in [0.2, 0.25) is 0 Å². The van der Waals surface area contributed by atoms with Crippen molar-refractivity contribution in [1.82, 2.24) is 0 Å². The van der Waals surface area contributed by atoms with Crippen LogP contribution in [0.3, 0.4) is 0 Å². The number of aryl methyl sites for hydroxylation is 2. The van der Waals surface area contributed by atoms with Crippen molar-refractivity contribution < 1.29 is 9.53 Å². The standard InChI is InChI=1S/C17H21NO2S/c1-13-5-7-16(18-8-9-21-12-18)11-14(2)4-6-15(10-13)17(19)20-3/h4-7,10-11H,8-9,12H2,1-3H3. The molecule has 112 valence electrons. The molecule has 1 aromatic rings. The van der Waals surface area contributed by atoms with Crippen molar-refractivity contribution in [3.05, 3.63) is 53.1 Å². The zero-order valence-corrected chi connectivity index (χ0v) is 13.6. The lowest BCUT2D eigenvalue weighted by Gasteiger charge is -2.16. The molecule has 1 heterocycles. The second-order valence-electron chi connectivity index (χ2n) is 5.12. The van der Waals surface area contributed by atoms with E-state index in [0.717, 1.165) is 23.5 Å². The molecular formula is C17H21NO2S. The van der Waals surface area contributed by atoms with Gasteiger partial charge in [0, 0.05) is 18.0 Å². The predicted octanol–water partition coefficient (Wildman–Crippen LogP) is 3.73. The minimum absolute atomic E-state index is 0.312. The molecule has 0 N–H and O–H groups in total. The van der Waals surface area contributed by atoms with E-state index in [1.165, 1.54) is 18.6 Å². The van der Waals surface area contributed by atoms with E-state index >= 15 is 0 Å². The van der Waals surface area contributed by atoms with Crippen molar-refractivity contribution in [2.75, 3.05) is 30.2 Å². The molecule has 0 aliphatic carbocycles. The van der Waals surface area contributed by atoms with Gasteiger partial charge in [-0.05, 0) is 43.7 Å². The smallest absolute Gasteiger partial charge is 0.337 e. The lowest BCUT2D eigenvalue weighted by atomic mass is 10.1. The predicted molar refractivity (Wildman–Crippen MR) is 89.6 cm³/mol. The van der Waals surface area contributed by atoms with Gasteiger partial charge in [0.05, 0.1) is 18.6 Å². The first-order valence-corrected chi connectivity index (χ1v) is 8.13. The van der Waals surface area contributed by atoms with Gasteiger partial charge >= 0.3 is 5.97 Å². The van der Waals surface area contributed by atoms with Crippen LogP contribution in [0, 0.1) is 13.8 Å². The van der Waals surface area contributed by atoms with Crippen molar-refractivity contribution in [2.45, 2.75) is 13.8 Å². The lowest BCUT2D eigenvalue weighted by molar-refractivity contribution is 0.0600. The molecule has 0 bridgehead atoms. The fourth-order valence-corrected chi connectivity index (χ4v) is 3.15. The summed E-state index contributed by atoms with van der Waals surface area (Å²) in [5.74, 6) is 1.90. The van der Waals surface area contributed by atoms with Crippen LogP contribution in [0.1, 0.15) is 21.5 Å². The average molecular weight is 303 g/mol. The highest BCUT2D eigenvalue weighted by Crippen LogP contribution is 2.22. The fraction of sp³-hybridized carbons (Fsp3) is 0.353. The van der Waals surface area contributed by atoms with Crippen LogP contribution < -0.4 is 4.90 Å². The van der Waals surface area contributed by atoms with Gasteiger partial charge in [0.25, 0.3) is 0 Å². The summed E-state index contributed by atoms with van der Waals surface area (Å²) in [6.45, 7) is 5.11. The number of rotatable bonds is 2. The zero-order valence-electron chi connectivity index (χ0n) is 12.8. The van der Waals surface area contributed by atoms with Crippen molar-refractivity contribution in [2.24, 2.45) is 0 Å². The monoisotopic (exact) mass is 303 g/mol. The number of ether oxygens (including phenoxy) is 1. The molecule has 1 saturated heterocycles. The Morgan fingerprint density at radius 3 is 2.52 bits per heavy atom. The molecule has 1 aromatic carbocycles.